The number of nitrogens with one attached hydrogen (secondary N) is 2. The quantitative estimate of drug-likeness (QED) is 0.903. The van der Waals surface area contributed by atoms with Gasteiger partial charge in [0.25, 0.3) is 5.56 Å². The Morgan fingerprint density at radius 1 is 1.33 bits per heavy atom. The second kappa shape index (κ2) is 6.41. The molecular weight excluding hydrogens is 292 g/mol. The molecule has 2 aromatic rings. The molecule has 0 aliphatic carbocycles. The summed E-state index contributed by atoms with van der Waals surface area (Å²) in [5, 5.41) is 9.76. The zero-order chi connectivity index (χ0) is 15.4. The van der Waals surface area contributed by atoms with Crippen LogP contribution in [0, 0.1) is 0 Å². The van der Waals surface area contributed by atoms with Gasteiger partial charge in [-0.3, -0.25) is 9.59 Å². The molecule has 0 aliphatic heterocycles. The minimum atomic E-state index is -0.357. The number of nitrogens with zero attached hydrogens (tertiary/aromatic N) is 2. The SMILES string of the molecule is CC(=O)NCc1ccc(Nc2cnn(C)c(=O)c2Cl)cc1. The van der Waals surface area contributed by atoms with Gasteiger partial charge in [0, 0.05) is 26.2 Å². The second-order valence-electron chi connectivity index (χ2n) is 4.53. The first-order valence-corrected chi connectivity index (χ1v) is 6.67. The van der Waals surface area contributed by atoms with Crippen molar-refractivity contribution in [3.8, 4) is 0 Å². The smallest absolute Gasteiger partial charge is 0.287 e. The van der Waals surface area contributed by atoms with Crippen LogP contribution in [-0.4, -0.2) is 15.7 Å². The monoisotopic (exact) mass is 306 g/mol. The Labute approximate surface area is 126 Å². The van der Waals surface area contributed by atoms with Crippen LogP contribution in [0.15, 0.2) is 35.3 Å². The van der Waals surface area contributed by atoms with Gasteiger partial charge in [0.15, 0.2) is 0 Å². The van der Waals surface area contributed by atoms with E-state index in [1.165, 1.54) is 24.9 Å². The summed E-state index contributed by atoms with van der Waals surface area (Å²) in [7, 11) is 1.54. The Balaban J connectivity index is 2.12. The zero-order valence-corrected chi connectivity index (χ0v) is 12.4. The number of rotatable bonds is 4. The lowest BCUT2D eigenvalue weighted by atomic mass is 10.2. The Bertz CT molecular complexity index is 710. The summed E-state index contributed by atoms with van der Waals surface area (Å²) in [5.74, 6) is -0.0739. The first-order chi connectivity index (χ1) is 9.97. The standard InChI is InChI=1S/C14H15ClN4O2/c1-9(20)16-7-10-3-5-11(6-4-10)18-12-8-17-19(2)14(21)13(12)15/h3-6,8,18H,7H2,1-2H3,(H,16,20). The highest BCUT2D eigenvalue weighted by molar-refractivity contribution is 6.33. The van der Waals surface area contributed by atoms with Gasteiger partial charge >= 0.3 is 0 Å². The highest BCUT2D eigenvalue weighted by Crippen LogP contribution is 2.21. The summed E-state index contributed by atoms with van der Waals surface area (Å²) in [6.45, 7) is 1.95. The topological polar surface area (TPSA) is 76.0 Å². The lowest BCUT2D eigenvalue weighted by Gasteiger charge is -2.09. The van der Waals surface area contributed by atoms with Crippen molar-refractivity contribution in [1.29, 1.82) is 0 Å². The molecular formula is C14H15ClN4O2. The van der Waals surface area contributed by atoms with Crippen molar-refractivity contribution in [2.24, 2.45) is 7.05 Å². The molecule has 1 heterocycles. The minimum absolute atomic E-state index is 0.0739. The summed E-state index contributed by atoms with van der Waals surface area (Å²) in [5.41, 5.74) is 1.85. The van der Waals surface area contributed by atoms with Gasteiger partial charge in [-0.15, -0.1) is 0 Å². The van der Waals surface area contributed by atoms with Crippen LogP contribution < -0.4 is 16.2 Å². The van der Waals surface area contributed by atoms with Gasteiger partial charge in [0.1, 0.15) is 5.02 Å². The van der Waals surface area contributed by atoms with Crippen LogP contribution in [0.3, 0.4) is 0 Å². The molecule has 0 unspecified atom stereocenters. The van der Waals surface area contributed by atoms with Gasteiger partial charge in [0.05, 0.1) is 11.9 Å². The van der Waals surface area contributed by atoms with E-state index in [0.29, 0.717) is 12.2 Å². The molecule has 0 fully saturated rings. The molecule has 110 valence electrons. The first kappa shape index (κ1) is 15.1. The maximum atomic E-state index is 11.7. The van der Waals surface area contributed by atoms with Gasteiger partial charge in [-0.25, -0.2) is 4.68 Å². The molecule has 1 aromatic heterocycles. The average molecular weight is 307 g/mol. The normalized spacial score (nSPS) is 10.2. The van der Waals surface area contributed by atoms with E-state index in [1.807, 2.05) is 24.3 Å². The van der Waals surface area contributed by atoms with E-state index in [4.69, 9.17) is 11.6 Å². The van der Waals surface area contributed by atoms with Crippen molar-refractivity contribution in [3.63, 3.8) is 0 Å². The van der Waals surface area contributed by atoms with Crippen molar-refractivity contribution in [2.45, 2.75) is 13.5 Å². The number of carbonyl (C=O) groups is 1. The highest BCUT2D eigenvalue weighted by Gasteiger charge is 2.07. The van der Waals surface area contributed by atoms with Crippen molar-refractivity contribution in [3.05, 3.63) is 51.4 Å². The molecule has 1 amide bonds. The zero-order valence-electron chi connectivity index (χ0n) is 11.7. The maximum Gasteiger partial charge on any atom is 0.287 e. The van der Waals surface area contributed by atoms with Crippen LogP contribution in [0.4, 0.5) is 11.4 Å². The first-order valence-electron chi connectivity index (χ1n) is 6.29. The van der Waals surface area contributed by atoms with Gasteiger partial charge in [-0.1, -0.05) is 23.7 Å². The number of amides is 1. The van der Waals surface area contributed by atoms with E-state index in [9.17, 15) is 9.59 Å². The molecule has 2 rings (SSSR count). The Kier molecular flexibility index (Phi) is 4.59. The number of hydrogen-bond donors (Lipinski definition) is 2. The number of carbonyl (C=O) groups excluding carboxylic acids is 1. The number of aryl methyl sites for hydroxylation is 1. The minimum Gasteiger partial charge on any atom is -0.353 e. The number of benzene rings is 1. The molecule has 2 N–H and O–H groups in total. The molecule has 1 aromatic carbocycles. The molecule has 0 spiro atoms. The molecule has 0 bridgehead atoms. The van der Waals surface area contributed by atoms with E-state index >= 15 is 0 Å². The summed E-state index contributed by atoms with van der Waals surface area (Å²) in [4.78, 5) is 22.5. The summed E-state index contributed by atoms with van der Waals surface area (Å²) >= 11 is 5.98. The van der Waals surface area contributed by atoms with Crippen LogP contribution in [-0.2, 0) is 18.4 Å². The summed E-state index contributed by atoms with van der Waals surface area (Å²) < 4.78 is 1.17. The van der Waals surface area contributed by atoms with E-state index in [-0.39, 0.29) is 16.5 Å². The number of hydrogen-bond acceptors (Lipinski definition) is 4. The van der Waals surface area contributed by atoms with Crippen molar-refractivity contribution in [2.75, 3.05) is 5.32 Å². The molecule has 21 heavy (non-hydrogen) atoms. The van der Waals surface area contributed by atoms with Crippen LogP contribution in [0.25, 0.3) is 0 Å². The van der Waals surface area contributed by atoms with Crippen molar-refractivity contribution < 1.29 is 4.79 Å². The molecule has 0 saturated carbocycles. The summed E-state index contributed by atoms with van der Waals surface area (Å²) in [6, 6.07) is 7.43. The predicted octanol–water partition coefficient (Wildman–Crippen LogP) is 1.81. The van der Waals surface area contributed by atoms with Gasteiger partial charge in [-0.05, 0) is 17.7 Å². The average Bonchev–Trinajstić information content (AvgIpc) is 2.47. The van der Waals surface area contributed by atoms with Crippen LogP contribution >= 0.6 is 11.6 Å². The van der Waals surface area contributed by atoms with Gasteiger partial charge in [-0.2, -0.15) is 5.10 Å². The largest absolute Gasteiger partial charge is 0.353 e. The third-order valence-electron chi connectivity index (χ3n) is 2.85. The molecule has 7 heteroatoms. The number of aromatic nitrogens is 2. The number of anilines is 2. The van der Waals surface area contributed by atoms with E-state index in [2.05, 4.69) is 15.7 Å². The molecule has 0 aliphatic rings. The molecule has 0 radical (unpaired) electrons. The maximum absolute atomic E-state index is 11.7. The van der Waals surface area contributed by atoms with E-state index in [0.717, 1.165) is 11.3 Å². The summed E-state index contributed by atoms with van der Waals surface area (Å²) in [6.07, 6.45) is 1.49. The highest BCUT2D eigenvalue weighted by atomic mass is 35.5. The lowest BCUT2D eigenvalue weighted by molar-refractivity contribution is -0.119. The number of halogens is 1. The van der Waals surface area contributed by atoms with Crippen molar-refractivity contribution >= 4 is 28.9 Å². The van der Waals surface area contributed by atoms with Gasteiger partial charge < -0.3 is 10.6 Å². The Hall–Kier alpha value is -2.34. The molecule has 0 atom stereocenters. The fourth-order valence-electron chi connectivity index (χ4n) is 1.69. The Morgan fingerprint density at radius 2 is 2.00 bits per heavy atom. The third-order valence-corrected chi connectivity index (χ3v) is 3.22. The molecule has 6 nitrogen and oxygen atoms in total. The van der Waals surface area contributed by atoms with Gasteiger partial charge in [0.2, 0.25) is 5.91 Å². The van der Waals surface area contributed by atoms with E-state index in [1.54, 1.807) is 0 Å². The predicted molar refractivity (Wildman–Crippen MR) is 81.7 cm³/mol. The molecule has 0 saturated heterocycles. The van der Waals surface area contributed by atoms with E-state index < -0.39 is 0 Å². The van der Waals surface area contributed by atoms with Crippen LogP contribution in [0.1, 0.15) is 12.5 Å². The second-order valence-corrected chi connectivity index (χ2v) is 4.91. The fourth-order valence-corrected chi connectivity index (χ4v) is 1.90. The fraction of sp³-hybridized carbons (Fsp3) is 0.214. The van der Waals surface area contributed by atoms with Crippen LogP contribution in [0.2, 0.25) is 5.02 Å². The third kappa shape index (κ3) is 3.82. The van der Waals surface area contributed by atoms with Crippen LogP contribution in [0.5, 0.6) is 0 Å². The lowest BCUT2D eigenvalue weighted by Crippen LogP contribution is -2.20. The Morgan fingerprint density at radius 3 is 2.62 bits per heavy atom. The van der Waals surface area contributed by atoms with Crippen molar-refractivity contribution in [1.82, 2.24) is 15.1 Å².